The summed E-state index contributed by atoms with van der Waals surface area (Å²) in [5.74, 6) is 0.0523. The first-order valence-electron chi connectivity index (χ1n) is 12.5. The van der Waals surface area contributed by atoms with Gasteiger partial charge in [0.05, 0.1) is 30.8 Å². The van der Waals surface area contributed by atoms with Gasteiger partial charge in [0, 0.05) is 17.5 Å². The highest BCUT2D eigenvalue weighted by Crippen LogP contribution is 2.44. The number of fused-ring (bicyclic) bond motifs is 6. The third kappa shape index (κ3) is 3.42. The van der Waals surface area contributed by atoms with Crippen LogP contribution in [0.1, 0.15) is 29.0 Å². The van der Waals surface area contributed by atoms with Crippen LogP contribution in [0.3, 0.4) is 0 Å². The quantitative estimate of drug-likeness (QED) is 0.363. The third-order valence-electron chi connectivity index (χ3n) is 7.74. The van der Waals surface area contributed by atoms with Crippen molar-refractivity contribution in [3.05, 3.63) is 108 Å². The van der Waals surface area contributed by atoms with Crippen LogP contribution in [0.25, 0.3) is 27.6 Å². The number of hydrogen-bond donors (Lipinski definition) is 0. The lowest BCUT2D eigenvalue weighted by atomic mass is 9.88. The fourth-order valence-corrected chi connectivity index (χ4v) is 6.12. The average molecular weight is 475 g/mol. The van der Waals surface area contributed by atoms with E-state index < -0.39 is 0 Å². The Kier molecular flexibility index (Phi) is 5.10. The summed E-state index contributed by atoms with van der Waals surface area (Å²) in [4.78, 5) is 19.9. The van der Waals surface area contributed by atoms with E-state index in [9.17, 15) is 4.79 Å². The second kappa shape index (κ2) is 8.61. The van der Waals surface area contributed by atoms with Gasteiger partial charge < -0.3 is 9.47 Å². The molecule has 1 fully saturated rings. The molecule has 1 aliphatic carbocycles. The van der Waals surface area contributed by atoms with E-state index in [0.29, 0.717) is 19.8 Å². The van der Waals surface area contributed by atoms with E-state index >= 15 is 0 Å². The Morgan fingerprint density at radius 3 is 2.39 bits per heavy atom. The van der Waals surface area contributed by atoms with Crippen LogP contribution in [0.2, 0.25) is 0 Å². The van der Waals surface area contributed by atoms with Crippen molar-refractivity contribution in [1.29, 1.82) is 0 Å². The molecule has 0 radical (unpaired) electrons. The number of carbonyl (C=O) groups is 1. The van der Waals surface area contributed by atoms with Gasteiger partial charge in [0.2, 0.25) is 0 Å². The van der Waals surface area contributed by atoms with Crippen LogP contribution in [0.5, 0.6) is 0 Å². The molecule has 0 N–H and O–H groups in total. The van der Waals surface area contributed by atoms with Crippen LogP contribution in [-0.4, -0.2) is 47.9 Å². The molecule has 5 nitrogen and oxygen atoms in total. The Bertz CT molecular complexity index is 1460. The van der Waals surface area contributed by atoms with Gasteiger partial charge in [-0.15, -0.1) is 0 Å². The summed E-state index contributed by atoms with van der Waals surface area (Å²) in [6, 6.07) is 26.9. The first-order valence-corrected chi connectivity index (χ1v) is 12.5. The Morgan fingerprint density at radius 2 is 1.61 bits per heavy atom. The van der Waals surface area contributed by atoms with E-state index in [4.69, 9.17) is 9.47 Å². The summed E-state index contributed by atoms with van der Waals surface area (Å²) < 4.78 is 11.9. The topological polar surface area (TPSA) is 51.7 Å². The van der Waals surface area contributed by atoms with Crippen molar-refractivity contribution in [3.63, 3.8) is 0 Å². The van der Waals surface area contributed by atoms with Crippen molar-refractivity contribution in [1.82, 2.24) is 9.88 Å². The summed E-state index contributed by atoms with van der Waals surface area (Å²) >= 11 is 0. The number of amides is 1. The molecule has 7 rings (SSSR count). The van der Waals surface area contributed by atoms with Crippen molar-refractivity contribution in [3.8, 4) is 11.1 Å². The summed E-state index contributed by atoms with van der Waals surface area (Å²) in [5, 5.41) is 1.14. The summed E-state index contributed by atoms with van der Waals surface area (Å²) in [6.45, 7) is 1.32. The molecule has 2 bridgehead atoms. The zero-order valence-electron chi connectivity index (χ0n) is 19.8. The molecule has 3 aromatic carbocycles. The maximum absolute atomic E-state index is 13.5. The fourth-order valence-electron chi connectivity index (χ4n) is 6.12. The van der Waals surface area contributed by atoms with Crippen LogP contribution in [-0.2, 0) is 9.47 Å². The van der Waals surface area contributed by atoms with Gasteiger partial charge in [0.25, 0.3) is 0 Å². The van der Waals surface area contributed by atoms with Crippen LogP contribution < -0.4 is 0 Å². The number of carbonyl (C=O) groups excluding carboxylic acids is 1. The zero-order chi connectivity index (χ0) is 24.1. The SMILES string of the molecule is O=C(OCC1c2ccccc2-c2ccccc21)N1C2C=C(c3ccnc4ccccc34)CC1COC2. The molecular weight excluding hydrogens is 448 g/mol. The predicted octanol–water partition coefficient (Wildman–Crippen LogP) is 6.04. The highest BCUT2D eigenvalue weighted by Gasteiger charge is 2.40. The van der Waals surface area contributed by atoms with E-state index in [1.165, 1.54) is 33.4 Å². The number of morpholine rings is 1. The first kappa shape index (κ1) is 21.3. The summed E-state index contributed by atoms with van der Waals surface area (Å²) in [6.07, 6.45) is 4.51. The minimum absolute atomic E-state index is 0.0497. The Labute approximate surface area is 210 Å². The molecule has 3 heterocycles. The first-order chi connectivity index (χ1) is 17.8. The fraction of sp³-hybridized carbons (Fsp3) is 0.226. The van der Waals surface area contributed by atoms with Gasteiger partial charge in [-0.05, 0) is 51.9 Å². The van der Waals surface area contributed by atoms with Gasteiger partial charge in [0.15, 0.2) is 0 Å². The van der Waals surface area contributed by atoms with Gasteiger partial charge in [0.1, 0.15) is 6.61 Å². The smallest absolute Gasteiger partial charge is 0.410 e. The van der Waals surface area contributed by atoms with Crippen molar-refractivity contribution >= 4 is 22.6 Å². The summed E-state index contributed by atoms with van der Waals surface area (Å²) in [7, 11) is 0. The van der Waals surface area contributed by atoms with E-state index in [-0.39, 0.29) is 24.1 Å². The second-order valence-corrected chi connectivity index (χ2v) is 9.74. The van der Waals surface area contributed by atoms with Crippen molar-refractivity contribution in [2.75, 3.05) is 19.8 Å². The maximum atomic E-state index is 13.5. The van der Waals surface area contributed by atoms with Crippen molar-refractivity contribution in [2.45, 2.75) is 24.4 Å². The number of nitrogens with zero attached hydrogens (tertiary/aromatic N) is 2. The van der Waals surface area contributed by atoms with Crippen LogP contribution in [0.15, 0.2) is 91.1 Å². The number of para-hydroxylation sites is 1. The lowest BCUT2D eigenvalue weighted by molar-refractivity contribution is -0.0331. The van der Waals surface area contributed by atoms with Gasteiger partial charge >= 0.3 is 6.09 Å². The lowest BCUT2D eigenvalue weighted by Gasteiger charge is -2.44. The number of pyridine rings is 1. The molecule has 2 atom stereocenters. The molecule has 0 saturated carbocycles. The lowest BCUT2D eigenvalue weighted by Crippen LogP contribution is -2.56. The van der Waals surface area contributed by atoms with Crippen LogP contribution >= 0.6 is 0 Å². The molecule has 3 aliphatic rings. The number of rotatable bonds is 3. The molecule has 2 unspecified atom stereocenters. The molecule has 5 heteroatoms. The molecule has 1 aromatic heterocycles. The average Bonchev–Trinajstić information content (AvgIpc) is 3.24. The highest BCUT2D eigenvalue weighted by molar-refractivity contribution is 5.92. The largest absolute Gasteiger partial charge is 0.448 e. The van der Waals surface area contributed by atoms with E-state index in [2.05, 4.69) is 71.7 Å². The second-order valence-electron chi connectivity index (χ2n) is 9.74. The zero-order valence-corrected chi connectivity index (χ0v) is 19.8. The van der Waals surface area contributed by atoms with E-state index in [1.807, 2.05) is 29.3 Å². The van der Waals surface area contributed by atoms with Crippen LogP contribution in [0, 0.1) is 0 Å². The molecule has 178 valence electrons. The van der Waals surface area contributed by atoms with Crippen LogP contribution in [0.4, 0.5) is 4.79 Å². The molecule has 0 spiro atoms. The van der Waals surface area contributed by atoms with Gasteiger partial charge in [-0.3, -0.25) is 9.88 Å². The van der Waals surface area contributed by atoms with E-state index in [1.54, 1.807) is 0 Å². The molecule has 2 aliphatic heterocycles. The maximum Gasteiger partial charge on any atom is 0.410 e. The molecule has 36 heavy (non-hydrogen) atoms. The normalized spacial score (nSPS) is 20.6. The number of aromatic nitrogens is 1. The number of ether oxygens (including phenoxy) is 2. The molecule has 1 amide bonds. The minimum Gasteiger partial charge on any atom is -0.448 e. The Morgan fingerprint density at radius 1 is 0.889 bits per heavy atom. The monoisotopic (exact) mass is 474 g/mol. The standard InChI is InChI=1S/C31H26N2O3/c34-31(36-19-29-26-9-3-1-7-24(26)25-8-2-4-10-27(25)29)33-21-15-20(16-22(33)18-35-17-21)23-13-14-32-30-12-6-5-11-28(23)30/h1-15,21-22,29H,16-19H2. The third-order valence-corrected chi connectivity index (χ3v) is 7.74. The van der Waals surface area contributed by atoms with Crippen molar-refractivity contribution < 1.29 is 14.3 Å². The number of hydrogen-bond acceptors (Lipinski definition) is 4. The number of benzene rings is 3. The molecule has 4 aromatic rings. The minimum atomic E-state index is -0.259. The molecular formula is C31H26N2O3. The Balaban J connectivity index is 1.14. The highest BCUT2D eigenvalue weighted by atomic mass is 16.6. The van der Waals surface area contributed by atoms with E-state index in [0.717, 1.165) is 17.3 Å². The van der Waals surface area contributed by atoms with Crippen molar-refractivity contribution in [2.24, 2.45) is 0 Å². The Hall–Kier alpha value is -3.96. The summed E-state index contributed by atoms with van der Waals surface area (Å²) in [5.41, 5.74) is 8.32. The van der Waals surface area contributed by atoms with Gasteiger partial charge in [-0.25, -0.2) is 4.79 Å². The molecule has 1 saturated heterocycles. The predicted molar refractivity (Wildman–Crippen MR) is 140 cm³/mol. The van der Waals surface area contributed by atoms with Gasteiger partial charge in [-0.1, -0.05) is 72.8 Å². The van der Waals surface area contributed by atoms with Gasteiger partial charge in [-0.2, -0.15) is 0 Å².